The molecule has 0 spiro atoms. The summed E-state index contributed by atoms with van der Waals surface area (Å²) in [4.78, 5) is 4.44. The van der Waals surface area contributed by atoms with Crippen LogP contribution in [0.3, 0.4) is 0 Å². The molecule has 2 unspecified atom stereocenters. The summed E-state index contributed by atoms with van der Waals surface area (Å²) in [6.45, 7) is 7.99. The SMILES string of the molecule is [2H]c1c([2H])c([2H])c(C2(Cc3ccc(C=C)cc3)c3ccccc3-c3ccc(N(c4ccc(-c5ccccc5)cc4)c4ccc(-c5ccc(N(c6ccc(-c7ccccc7)cc6)c6ccc7c(c6)C(Cc6ccc(C=C)cc6)(c6c([2H])c([2H])c([2H])c([2H])c6[2H])c6ccccc6-7)cc5)cc4)cc32)c([2H])c1[2H]. The smallest absolute Gasteiger partial charge is 0.0626 e. The van der Waals surface area contributed by atoms with Gasteiger partial charge in [0.1, 0.15) is 0 Å². The van der Waals surface area contributed by atoms with Gasteiger partial charge in [-0.25, -0.2) is 0 Å². The van der Waals surface area contributed by atoms with Gasteiger partial charge in [-0.05, 0) is 197 Å². The van der Waals surface area contributed by atoms with E-state index in [2.05, 4.69) is 193 Å². The zero-order chi connectivity index (χ0) is 71.7. The van der Waals surface area contributed by atoms with Crippen LogP contribution in [-0.4, -0.2) is 0 Å². The van der Waals surface area contributed by atoms with Crippen molar-refractivity contribution in [1.82, 2.24) is 0 Å². The van der Waals surface area contributed by atoms with Gasteiger partial charge < -0.3 is 9.80 Å². The number of anilines is 6. The number of nitrogens with zero attached hydrogens (tertiary/aromatic N) is 2. The molecule has 14 aromatic rings. The van der Waals surface area contributed by atoms with E-state index in [1.807, 2.05) is 121 Å². The first kappa shape index (κ1) is 47.1. The first-order chi connectivity index (χ1) is 50.6. The van der Waals surface area contributed by atoms with Crippen LogP contribution in [0.1, 0.15) is 69.3 Å². The lowest BCUT2D eigenvalue weighted by molar-refractivity contribution is 0.629. The van der Waals surface area contributed by atoms with Gasteiger partial charge in [-0.3, -0.25) is 0 Å². The molecule has 0 saturated heterocycles. The van der Waals surface area contributed by atoms with Crippen LogP contribution >= 0.6 is 0 Å². The molecule has 2 aliphatic carbocycles. The zero-order valence-electron chi connectivity index (χ0n) is 61.6. The van der Waals surface area contributed by atoms with Crippen molar-refractivity contribution in [3.63, 3.8) is 0 Å². The zero-order valence-corrected chi connectivity index (χ0v) is 51.6. The van der Waals surface area contributed by atoms with Crippen LogP contribution in [-0.2, 0) is 23.7 Å². The molecule has 0 aromatic heterocycles. The number of hydrogen-bond donors (Lipinski definition) is 0. The van der Waals surface area contributed by atoms with Gasteiger partial charge in [-0.1, -0.05) is 304 Å². The molecule has 2 nitrogen and oxygen atoms in total. The number of rotatable bonds is 17. The van der Waals surface area contributed by atoms with Crippen LogP contribution in [0.25, 0.3) is 67.8 Å². The van der Waals surface area contributed by atoms with Crippen LogP contribution < -0.4 is 9.80 Å². The Hall–Kier alpha value is -11.8. The molecule has 2 heteroatoms. The van der Waals surface area contributed by atoms with Gasteiger partial charge in [0.05, 0.1) is 24.5 Å². The molecule has 0 fully saturated rings. The van der Waals surface area contributed by atoms with Crippen molar-refractivity contribution in [1.29, 1.82) is 0 Å². The minimum atomic E-state index is -1.24. The van der Waals surface area contributed by atoms with Gasteiger partial charge >= 0.3 is 0 Å². The number of hydrogen-bond acceptors (Lipinski definition) is 2. The second-order valence-electron chi connectivity index (χ2n) is 24.2. The Morgan fingerprint density at radius 1 is 0.277 bits per heavy atom. The molecule has 0 aliphatic heterocycles. The van der Waals surface area contributed by atoms with Crippen LogP contribution in [0.2, 0.25) is 0 Å². The Morgan fingerprint density at radius 2 is 0.564 bits per heavy atom. The summed E-state index contributed by atoms with van der Waals surface area (Å²) in [5, 5.41) is 0. The van der Waals surface area contributed by atoms with Crippen LogP contribution in [0, 0.1) is 0 Å². The topological polar surface area (TPSA) is 6.48 Å². The van der Waals surface area contributed by atoms with E-state index < -0.39 is 47.1 Å². The van der Waals surface area contributed by atoms with Crippen molar-refractivity contribution in [2.24, 2.45) is 0 Å². The van der Waals surface area contributed by atoms with Crippen molar-refractivity contribution < 1.29 is 13.7 Å². The summed E-state index contributed by atoms with van der Waals surface area (Å²) in [6, 6.07) is 96.2. The van der Waals surface area contributed by atoms with Crippen molar-refractivity contribution in [3.8, 4) is 55.6 Å². The molecule has 0 N–H and O–H groups in total. The maximum absolute atomic E-state index is 9.70. The molecule has 0 amide bonds. The fourth-order valence-electron chi connectivity index (χ4n) is 14.5. The Kier molecular flexibility index (Phi) is 12.2. The summed E-state index contributed by atoms with van der Waals surface area (Å²) in [6.07, 6.45) is 4.18. The lowest BCUT2D eigenvalue weighted by atomic mass is 9.68. The normalized spacial score (nSPS) is 16.3. The molecule has 0 saturated carbocycles. The summed E-state index contributed by atoms with van der Waals surface area (Å²) < 4.78 is 92.7. The minimum Gasteiger partial charge on any atom is -0.310 e. The van der Waals surface area contributed by atoms with E-state index >= 15 is 0 Å². The van der Waals surface area contributed by atoms with E-state index in [0.717, 1.165) is 134 Å². The highest BCUT2D eigenvalue weighted by Crippen LogP contribution is 2.58. The Bertz CT molecular complexity index is 5280. The van der Waals surface area contributed by atoms with E-state index in [1.165, 1.54) is 0 Å². The molecule has 14 aromatic carbocycles. The highest BCUT2D eigenvalue weighted by Gasteiger charge is 2.47. The second kappa shape index (κ2) is 24.4. The number of fused-ring (bicyclic) bond motifs is 6. The Labute approximate surface area is 566 Å². The molecule has 94 heavy (non-hydrogen) atoms. The molecule has 0 bridgehead atoms. The summed E-state index contributed by atoms with van der Waals surface area (Å²) >= 11 is 0. The van der Waals surface area contributed by atoms with Crippen LogP contribution in [0.4, 0.5) is 34.1 Å². The van der Waals surface area contributed by atoms with Gasteiger partial charge in [-0.15, -0.1) is 0 Å². The van der Waals surface area contributed by atoms with Gasteiger partial charge in [-0.2, -0.15) is 0 Å². The second-order valence-corrected chi connectivity index (χ2v) is 24.2. The first-order valence-corrected chi connectivity index (χ1v) is 31.8. The van der Waals surface area contributed by atoms with Crippen molar-refractivity contribution in [3.05, 3.63) is 420 Å². The Balaban J connectivity index is 0.826. The van der Waals surface area contributed by atoms with E-state index in [4.69, 9.17) is 8.22 Å². The maximum Gasteiger partial charge on any atom is 0.0626 e. The third-order valence-corrected chi connectivity index (χ3v) is 19.1. The van der Waals surface area contributed by atoms with Crippen molar-refractivity contribution in [2.75, 3.05) is 9.80 Å². The quantitative estimate of drug-likeness (QED) is 0.0896. The van der Waals surface area contributed by atoms with E-state index in [9.17, 15) is 5.48 Å². The number of benzene rings is 14. The summed E-state index contributed by atoms with van der Waals surface area (Å²) in [5.41, 5.74) is 20.0. The fourth-order valence-corrected chi connectivity index (χ4v) is 14.5. The average molecular weight is 1210 g/mol. The lowest BCUT2D eigenvalue weighted by Crippen LogP contribution is -2.30. The molecule has 0 radical (unpaired) electrons. The van der Waals surface area contributed by atoms with Gasteiger partial charge in [0.2, 0.25) is 0 Å². The lowest BCUT2D eigenvalue weighted by Gasteiger charge is -2.34. The standard InChI is InChI=1S/C92H68N2/c1-3-65-33-37-67(38-34-65)63-91(75-25-13-7-14-26-75)87-31-19-17-29-83(87)85-59-57-81(61-89(85)91)93(77-49-41-71(42-50-77)69-21-9-5-10-22-69)79-53-45-73(46-54-79)74-47-55-80(56-48-74)94(78-51-43-72(44-52-78)70-23-11-6-12-24-70)82-58-60-86-84-30-18-20-32-88(84)92(90(86)62-82,76-27-15-8-16-28-76)64-68-39-35-66(4-2)36-40-68/h3-62H,1-2,63-64H2/i7D,8D,13D,14D,15D,16D,25D,26D,27D,28D. The predicted octanol–water partition coefficient (Wildman–Crippen LogP) is 24.0. The van der Waals surface area contributed by atoms with Gasteiger partial charge in [0.15, 0.2) is 0 Å². The van der Waals surface area contributed by atoms with E-state index in [1.54, 1.807) is 12.2 Å². The molecule has 446 valence electrons. The monoisotopic (exact) mass is 1210 g/mol. The molecule has 2 atom stereocenters. The summed E-state index contributed by atoms with van der Waals surface area (Å²) in [7, 11) is 0. The molecule has 2 aliphatic rings. The van der Waals surface area contributed by atoms with Crippen molar-refractivity contribution >= 4 is 46.3 Å². The minimum absolute atomic E-state index is 0.215. The molecule has 0 heterocycles. The largest absolute Gasteiger partial charge is 0.310 e. The highest BCUT2D eigenvalue weighted by atomic mass is 15.1. The van der Waals surface area contributed by atoms with E-state index in [-0.39, 0.29) is 35.3 Å². The fraction of sp³-hybridized carbons (Fsp3) is 0.0435. The molecular weight excluding hydrogens is 1130 g/mol. The predicted molar refractivity (Wildman–Crippen MR) is 396 cm³/mol. The summed E-state index contributed by atoms with van der Waals surface area (Å²) in [5.74, 6) is 0. The highest BCUT2D eigenvalue weighted by molar-refractivity contribution is 5.91. The first-order valence-electron chi connectivity index (χ1n) is 36.8. The Morgan fingerprint density at radius 3 is 0.894 bits per heavy atom. The maximum atomic E-state index is 9.70. The van der Waals surface area contributed by atoms with E-state index in [0.29, 0.717) is 12.8 Å². The average Bonchev–Trinajstić information content (AvgIpc) is 1.51. The van der Waals surface area contributed by atoms with Crippen LogP contribution in [0.5, 0.6) is 0 Å². The van der Waals surface area contributed by atoms with Crippen molar-refractivity contribution in [2.45, 2.75) is 23.7 Å². The van der Waals surface area contributed by atoms with Crippen LogP contribution in [0.15, 0.2) is 365 Å². The van der Waals surface area contributed by atoms with Gasteiger partial charge in [0.25, 0.3) is 0 Å². The molecule has 16 rings (SSSR count). The molecular formula is C92H68N2. The van der Waals surface area contributed by atoms with Gasteiger partial charge in [0, 0.05) is 34.1 Å². The third-order valence-electron chi connectivity index (χ3n) is 19.1. The third kappa shape index (κ3) is 10.2.